The molecule has 0 aromatic carbocycles. The van der Waals surface area contributed by atoms with Gasteiger partial charge in [-0.15, -0.1) is 0 Å². The van der Waals surface area contributed by atoms with Crippen LogP contribution in [0.25, 0.3) is 0 Å². The van der Waals surface area contributed by atoms with E-state index in [2.05, 4.69) is 15.6 Å². The van der Waals surface area contributed by atoms with Gasteiger partial charge in [0.25, 0.3) is 5.91 Å². The lowest BCUT2D eigenvalue weighted by molar-refractivity contribution is 0.0954. The molecule has 1 aliphatic rings. The fourth-order valence-electron chi connectivity index (χ4n) is 2.00. The molecule has 1 aromatic rings. The molecule has 0 aliphatic carbocycles. The van der Waals surface area contributed by atoms with Gasteiger partial charge in [-0.3, -0.25) is 4.79 Å². The molecule has 4 nitrogen and oxygen atoms in total. The van der Waals surface area contributed by atoms with Gasteiger partial charge >= 0.3 is 0 Å². The van der Waals surface area contributed by atoms with Crippen molar-refractivity contribution in [1.82, 2.24) is 10.3 Å². The Kier molecular flexibility index (Phi) is 4.87. The van der Waals surface area contributed by atoms with Crippen LogP contribution in [0.4, 0.5) is 5.82 Å². The molecule has 2 heterocycles. The van der Waals surface area contributed by atoms with Gasteiger partial charge in [0.15, 0.2) is 0 Å². The number of anilines is 1. The molecule has 1 fully saturated rings. The maximum atomic E-state index is 12.1. The normalized spacial score (nSPS) is 18.6. The van der Waals surface area contributed by atoms with Crippen molar-refractivity contribution in [2.75, 3.05) is 24.2 Å². The van der Waals surface area contributed by atoms with Crippen molar-refractivity contribution in [2.45, 2.75) is 25.0 Å². The first-order valence-corrected chi connectivity index (χ1v) is 7.45. The summed E-state index contributed by atoms with van der Waals surface area (Å²) in [6, 6.07) is 3.60. The number of hydrogen-bond acceptors (Lipinski definition) is 4. The molecular formula is C13H19N3OS. The summed E-state index contributed by atoms with van der Waals surface area (Å²) in [5.74, 6) is 1.85. The van der Waals surface area contributed by atoms with E-state index >= 15 is 0 Å². The Labute approximate surface area is 112 Å². The van der Waals surface area contributed by atoms with Crippen LogP contribution in [0.1, 0.15) is 30.1 Å². The monoisotopic (exact) mass is 265 g/mol. The Bertz CT molecular complexity index is 405. The summed E-state index contributed by atoms with van der Waals surface area (Å²) in [6.07, 6.45) is 4.17. The molecule has 0 bridgehead atoms. The molecular weight excluding hydrogens is 246 g/mol. The lowest BCUT2D eigenvalue weighted by Crippen LogP contribution is -2.30. The molecule has 1 saturated heterocycles. The summed E-state index contributed by atoms with van der Waals surface area (Å²) < 4.78 is 0. The van der Waals surface area contributed by atoms with Crippen LogP contribution in [-0.4, -0.2) is 35.0 Å². The minimum absolute atomic E-state index is 0.0356. The predicted octanol–water partition coefficient (Wildman–Crippen LogP) is 2.14. The molecule has 1 unspecified atom stereocenters. The van der Waals surface area contributed by atoms with Crippen LogP contribution >= 0.6 is 11.8 Å². The van der Waals surface area contributed by atoms with Gasteiger partial charge < -0.3 is 10.6 Å². The van der Waals surface area contributed by atoms with Gasteiger partial charge in [0.1, 0.15) is 5.82 Å². The third-order valence-electron chi connectivity index (χ3n) is 2.91. The molecule has 5 heteroatoms. The zero-order valence-corrected chi connectivity index (χ0v) is 11.4. The standard InChI is InChI=1S/C13H19N3OS/c1-2-14-12-11(6-3-7-15-12)13(17)16-9-10-5-4-8-18-10/h3,6-7,10H,2,4-5,8-9H2,1H3,(H,14,15)(H,16,17). The van der Waals surface area contributed by atoms with Crippen molar-refractivity contribution in [1.29, 1.82) is 0 Å². The van der Waals surface area contributed by atoms with E-state index in [0.29, 0.717) is 16.6 Å². The van der Waals surface area contributed by atoms with Gasteiger partial charge in [-0.25, -0.2) is 4.98 Å². The fraction of sp³-hybridized carbons (Fsp3) is 0.538. The van der Waals surface area contributed by atoms with Crippen molar-refractivity contribution >= 4 is 23.5 Å². The highest BCUT2D eigenvalue weighted by Crippen LogP contribution is 2.25. The molecule has 0 radical (unpaired) electrons. The Morgan fingerprint density at radius 2 is 2.50 bits per heavy atom. The lowest BCUT2D eigenvalue weighted by atomic mass is 10.2. The number of aromatic nitrogens is 1. The van der Waals surface area contributed by atoms with E-state index in [9.17, 15) is 4.79 Å². The van der Waals surface area contributed by atoms with Crippen molar-refractivity contribution in [3.8, 4) is 0 Å². The predicted molar refractivity (Wildman–Crippen MR) is 76.2 cm³/mol. The second-order valence-corrected chi connectivity index (χ2v) is 5.68. The Morgan fingerprint density at radius 1 is 1.61 bits per heavy atom. The highest BCUT2D eigenvalue weighted by atomic mass is 32.2. The van der Waals surface area contributed by atoms with E-state index in [4.69, 9.17) is 0 Å². The van der Waals surface area contributed by atoms with Crippen LogP contribution < -0.4 is 10.6 Å². The highest BCUT2D eigenvalue weighted by Gasteiger charge is 2.18. The van der Waals surface area contributed by atoms with Crippen molar-refractivity contribution in [3.05, 3.63) is 23.9 Å². The average Bonchev–Trinajstić information content (AvgIpc) is 2.90. The van der Waals surface area contributed by atoms with E-state index in [1.54, 1.807) is 12.3 Å². The van der Waals surface area contributed by atoms with Gasteiger partial charge in [-0.05, 0) is 37.7 Å². The zero-order chi connectivity index (χ0) is 12.8. The second-order valence-electron chi connectivity index (χ2n) is 4.27. The summed E-state index contributed by atoms with van der Waals surface area (Å²) >= 11 is 1.95. The highest BCUT2D eigenvalue weighted by molar-refractivity contribution is 8.00. The van der Waals surface area contributed by atoms with Crippen LogP contribution in [-0.2, 0) is 0 Å². The Morgan fingerprint density at radius 3 is 3.22 bits per heavy atom. The van der Waals surface area contributed by atoms with E-state index in [0.717, 1.165) is 13.1 Å². The smallest absolute Gasteiger partial charge is 0.255 e. The lowest BCUT2D eigenvalue weighted by Gasteiger charge is -2.12. The number of pyridine rings is 1. The summed E-state index contributed by atoms with van der Waals surface area (Å²) in [4.78, 5) is 16.3. The van der Waals surface area contributed by atoms with E-state index in [-0.39, 0.29) is 5.91 Å². The molecule has 1 atom stereocenters. The fourth-order valence-corrected chi connectivity index (χ4v) is 3.21. The van der Waals surface area contributed by atoms with E-state index < -0.39 is 0 Å². The summed E-state index contributed by atoms with van der Waals surface area (Å²) in [5, 5.41) is 6.68. The number of hydrogen-bond donors (Lipinski definition) is 2. The topological polar surface area (TPSA) is 54.0 Å². The number of nitrogens with zero attached hydrogens (tertiary/aromatic N) is 1. The molecule has 18 heavy (non-hydrogen) atoms. The molecule has 1 amide bonds. The van der Waals surface area contributed by atoms with Crippen LogP contribution in [0.5, 0.6) is 0 Å². The van der Waals surface area contributed by atoms with Gasteiger partial charge in [0.2, 0.25) is 0 Å². The van der Waals surface area contributed by atoms with Gasteiger partial charge in [-0.1, -0.05) is 0 Å². The molecule has 1 aromatic heterocycles. The Balaban J connectivity index is 1.94. The second kappa shape index (κ2) is 6.64. The molecule has 0 spiro atoms. The van der Waals surface area contributed by atoms with Gasteiger partial charge in [0.05, 0.1) is 5.56 Å². The Hall–Kier alpha value is -1.23. The third-order valence-corrected chi connectivity index (χ3v) is 4.31. The van der Waals surface area contributed by atoms with Crippen molar-refractivity contribution < 1.29 is 4.79 Å². The molecule has 2 rings (SSSR count). The molecule has 98 valence electrons. The van der Waals surface area contributed by atoms with Gasteiger partial charge in [0, 0.05) is 24.5 Å². The summed E-state index contributed by atoms with van der Waals surface area (Å²) in [5.41, 5.74) is 0.627. The number of carbonyl (C=O) groups is 1. The first kappa shape index (κ1) is 13.2. The number of rotatable bonds is 5. The zero-order valence-electron chi connectivity index (χ0n) is 10.6. The van der Waals surface area contributed by atoms with Crippen molar-refractivity contribution in [2.24, 2.45) is 0 Å². The first-order chi connectivity index (χ1) is 8.81. The maximum absolute atomic E-state index is 12.1. The number of carbonyl (C=O) groups excluding carboxylic acids is 1. The average molecular weight is 265 g/mol. The number of thioether (sulfide) groups is 1. The van der Waals surface area contributed by atoms with Gasteiger partial charge in [-0.2, -0.15) is 11.8 Å². The summed E-state index contributed by atoms with van der Waals surface area (Å²) in [6.45, 7) is 3.51. The van der Waals surface area contributed by atoms with E-state index in [1.807, 2.05) is 24.8 Å². The van der Waals surface area contributed by atoms with E-state index in [1.165, 1.54) is 18.6 Å². The number of nitrogens with one attached hydrogen (secondary N) is 2. The van der Waals surface area contributed by atoms with Crippen LogP contribution in [0.3, 0.4) is 0 Å². The molecule has 0 saturated carbocycles. The maximum Gasteiger partial charge on any atom is 0.255 e. The number of amides is 1. The summed E-state index contributed by atoms with van der Waals surface area (Å²) in [7, 11) is 0. The van der Waals surface area contributed by atoms with Crippen LogP contribution in [0.15, 0.2) is 18.3 Å². The molecule has 2 N–H and O–H groups in total. The largest absolute Gasteiger partial charge is 0.370 e. The van der Waals surface area contributed by atoms with Crippen molar-refractivity contribution in [3.63, 3.8) is 0 Å². The van der Waals surface area contributed by atoms with Crippen LogP contribution in [0.2, 0.25) is 0 Å². The SMILES string of the molecule is CCNc1ncccc1C(=O)NCC1CCCS1. The first-order valence-electron chi connectivity index (χ1n) is 6.40. The molecule has 1 aliphatic heterocycles. The third kappa shape index (κ3) is 3.38. The minimum atomic E-state index is -0.0356. The quantitative estimate of drug-likeness (QED) is 0.856. The minimum Gasteiger partial charge on any atom is -0.370 e. The van der Waals surface area contributed by atoms with Crippen LogP contribution in [0, 0.1) is 0 Å².